The Morgan fingerprint density at radius 2 is 2.06 bits per heavy atom. The molecule has 0 bridgehead atoms. The van der Waals surface area contributed by atoms with Crippen LogP contribution in [0, 0.1) is 5.82 Å². The Labute approximate surface area is 105 Å². The molecule has 0 radical (unpaired) electrons. The lowest BCUT2D eigenvalue weighted by molar-refractivity contribution is 0.0696. The van der Waals surface area contributed by atoms with Gasteiger partial charge in [0.1, 0.15) is 5.82 Å². The Kier molecular flexibility index (Phi) is 4.71. The molecule has 0 heterocycles. The van der Waals surface area contributed by atoms with Crippen molar-refractivity contribution in [3.05, 3.63) is 35.1 Å². The maximum Gasteiger partial charge on any atom is 0.336 e. The first kappa shape index (κ1) is 14.0. The molecule has 0 aliphatic rings. The molecule has 0 aromatic heterocycles. The van der Waals surface area contributed by atoms with Crippen molar-refractivity contribution < 1.29 is 14.3 Å². The van der Waals surface area contributed by atoms with E-state index in [-0.39, 0.29) is 17.0 Å². The fourth-order valence-electron chi connectivity index (χ4n) is 1.46. The lowest BCUT2D eigenvalue weighted by Gasteiger charge is -2.07. The Morgan fingerprint density at radius 1 is 1.39 bits per heavy atom. The van der Waals surface area contributed by atoms with Crippen LogP contribution >= 0.6 is 0 Å². The molecular formula is C13H15FN2O2. The van der Waals surface area contributed by atoms with E-state index >= 15 is 0 Å². The highest BCUT2D eigenvalue weighted by Crippen LogP contribution is 2.16. The molecule has 0 unspecified atom stereocenters. The first-order valence-electron chi connectivity index (χ1n) is 5.55. The highest BCUT2D eigenvalue weighted by Gasteiger charge is 2.18. The number of amidine groups is 1. The summed E-state index contributed by atoms with van der Waals surface area (Å²) in [6, 6.07) is 3.90. The Balaban J connectivity index is 3.50. The average molecular weight is 250 g/mol. The van der Waals surface area contributed by atoms with E-state index in [1.165, 1.54) is 18.2 Å². The summed E-state index contributed by atoms with van der Waals surface area (Å²) in [6.07, 6.45) is 0. The summed E-state index contributed by atoms with van der Waals surface area (Å²) in [5.74, 6) is -1.71. The Hall–Kier alpha value is -2.04. The third-order valence-corrected chi connectivity index (χ3v) is 2.11. The second kappa shape index (κ2) is 6.05. The summed E-state index contributed by atoms with van der Waals surface area (Å²) in [5.41, 5.74) is 0.488. The van der Waals surface area contributed by atoms with Gasteiger partial charge in [0, 0.05) is 12.3 Å². The van der Waals surface area contributed by atoms with Crippen molar-refractivity contribution in [1.82, 2.24) is 0 Å². The predicted octanol–water partition coefficient (Wildman–Crippen LogP) is 2.77. The molecule has 0 amide bonds. The smallest absolute Gasteiger partial charge is 0.336 e. The van der Waals surface area contributed by atoms with E-state index in [0.717, 1.165) is 0 Å². The van der Waals surface area contributed by atoms with Crippen molar-refractivity contribution in [2.45, 2.75) is 20.8 Å². The Morgan fingerprint density at radius 3 is 2.56 bits per heavy atom. The number of benzene rings is 1. The highest BCUT2D eigenvalue weighted by atomic mass is 19.1. The maximum atomic E-state index is 13.8. The number of hydrogen-bond donors (Lipinski definition) is 1. The zero-order chi connectivity index (χ0) is 13.7. The number of aromatic carboxylic acids is 1. The van der Waals surface area contributed by atoms with E-state index in [9.17, 15) is 9.18 Å². The summed E-state index contributed by atoms with van der Waals surface area (Å²) in [7, 11) is 0. The van der Waals surface area contributed by atoms with Crippen LogP contribution in [0.2, 0.25) is 0 Å². The van der Waals surface area contributed by atoms with Gasteiger partial charge in [-0.05, 0) is 32.9 Å². The number of halogens is 1. The van der Waals surface area contributed by atoms with Gasteiger partial charge in [0.2, 0.25) is 0 Å². The van der Waals surface area contributed by atoms with Crippen LogP contribution in [-0.2, 0) is 0 Å². The predicted molar refractivity (Wildman–Crippen MR) is 69.2 cm³/mol. The first-order chi connectivity index (χ1) is 8.47. The average Bonchev–Trinajstić information content (AvgIpc) is 2.27. The molecule has 18 heavy (non-hydrogen) atoms. The maximum absolute atomic E-state index is 13.8. The van der Waals surface area contributed by atoms with Gasteiger partial charge in [0.05, 0.1) is 11.1 Å². The summed E-state index contributed by atoms with van der Waals surface area (Å²) in [4.78, 5) is 19.3. The van der Waals surface area contributed by atoms with Crippen LogP contribution < -0.4 is 0 Å². The molecule has 0 fully saturated rings. The lowest BCUT2D eigenvalue weighted by atomic mass is 10.1. The SMILES string of the molecule is CCN=C(N=C(C)C)c1c(F)cccc1C(=O)O. The molecule has 1 rings (SSSR count). The van der Waals surface area contributed by atoms with E-state index in [4.69, 9.17) is 5.11 Å². The van der Waals surface area contributed by atoms with Crippen molar-refractivity contribution >= 4 is 17.5 Å². The summed E-state index contributed by atoms with van der Waals surface area (Å²) >= 11 is 0. The van der Waals surface area contributed by atoms with Crippen LogP contribution in [-0.4, -0.2) is 29.2 Å². The monoisotopic (exact) mass is 250 g/mol. The zero-order valence-electron chi connectivity index (χ0n) is 10.6. The minimum absolute atomic E-state index is 0.0620. The van der Waals surface area contributed by atoms with Crippen molar-refractivity contribution in [3.63, 3.8) is 0 Å². The first-order valence-corrected chi connectivity index (χ1v) is 5.55. The van der Waals surface area contributed by atoms with E-state index in [1.807, 2.05) is 0 Å². The molecule has 0 aliphatic heterocycles. The van der Waals surface area contributed by atoms with Crippen molar-refractivity contribution in [2.75, 3.05) is 6.54 Å². The van der Waals surface area contributed by atoms with Crippen LogP contribution in [0.3, 0.4) is 0 Å². The van der Waals surface area contributed by atoms with Gasteiger partial charge < -0.3 is 5.11 Å². The summed E-state index contributed by atoms with van der Waals surface area (Å²) < 4.78 is 13.8. The molecule has 4 nitrogen and oxygen atoms in total. The number of hydrogen-bond acceptors (Lipinski definition) is 2. The number of nitrogens with zero attached hydrogens (tertiary/aromatic N) is 2. The fourth-order valence-corrected chi connectivity index (χ4v) is 1.46. The normalized spacial score (nSPS) is 11.2. The van der Waals surface area contributed by atoms with E-state index in [2.05, 4.69) is 9.98 Å². The second-order valence-electron chi connectivity index (χ2n) is 3.82. The lowest BCUT2D eigenvalue weighted by Crippen LogP contribution is -2.12. The molecule has 0 saturated carbocycles. The van der Waals surface area contributed by atoms with Crippen LogP contribution in [0.15, 0.2) is 28.2 Å². The summed E-state index contributed by atoms with van der Waals surface area (Å²) in [5, 5.41) is 9.07. The fraction of sp³-hybridized carbons (Fsp3) is 0.308. The number of rotatable bonds is 3. The van der Waals surface area contributed by atoms with Crippen molar-refractivity contribution in [2.24, 2.45) is 9.98 Å². The molecule has 0 saturated heterocycles. The van der Waals surface area contributed by atoms with Crippen LogP contribution in [0.5, 0.6) is 0 Å². The molecule has 5 heteroatoms. The summed E-state index contributed by atoms with van der Waals surface area (Å²) in [6.45, 7) is 5.67. The quantitative estimate of drug-likeness (QED) is 0.662. The van der Waals surface area contributed by atoms with Crippen LogP contribution in [0.1, 0.15) is 36.7 Å². The van der Waals surface area contributed by atoms with Crippen molar-refractivity contribution in [1.29, 1.82) is 0 Å². The van der Waals surface area contributed by atoms with Crippen LogP contribution in [0.4, 0.5) is 4.39 Å². The van der Waals surface area contributed by atoms with Gasteiger partial charge in [-0.3, -0.25) is 4.99 Å². The molecule has 96 valence electrons. The minimum Gasteiger partial charge on any atom is -0.478 e. The number of carboxylic acids is 1. The Bertz CT molecular complexity index is 518. The third kappa shape index (κ3) is 3.23. The topological polar surface area (TPSA) is 62.0 Å². The van der Waals surface area contributed by atoms with Crippen LogP contribution in [0.25, 0.3) is 0 Å². The standard InChI is InChI=1S/C13H15FN2O2/c1-4-15-12(16-8(2)3)11-9(13(17)18)6-5-7-10(11)14/h5-7H,4H2,1-3H3,(H,17,18). The molecule has 1 aromatic rings. The van der Waals surface area contributed by atoms with Gasteiger partial charge >= 0.3 is 5.97 Å². The van der Waals surface area contributed by atoms with Gasteiger partial charge in [0.25, 0.3) is 0 Å². The number of carboxylic acid groups (broad SMARTS) is 1. The highest BCUT2D eigenvalue weighted by molar-refractivity contribution is 6.11. The van der Waals surface area contributed by atoms with E-state index < -0.39 is 11.8 Å². The number of carbonyl (C=O) groups is 1. The van der Waals surface area contributed by atoms with Gasteiger partial charge in [-0.25, -0.2) is 14.2 Å². The van der Waals surface area contributed by atoms with E-state index in [0.29, 0.717) is 12.3 Å². The van der Waals surface area contributed by atoms with Crippen molar-refractivity contribution in [3.8, 4) is 0 Å². The molecule has 0 aliphatic carbocycles. The van der Waals surface area contributed by atoms with Gasteiger partial charge in [0.15, 0.2) is 5.84 Å². The minimum atomic E-state index is -1.20. The third-order valence-electron chi connectivity index (χ3n) is 2.11. The van der Waals surface area contributed by atoms with Gasteiger partial charge in [-0.1, -0.05) is 6.07 Å². The zero-order valence-corrected chi connectivity index (χ0v) is 10.6. The molecule has 0 spiro atoms. The molecule has 1 N–H and O–H groups in total. The molecule has 0 atom stereocenters. The largest absolute Gasteiger partial charge is 0.478 e. The molecule has 1 aromatic carbocycles. The van der Waals surface area contributed by atoms with Gasteiger partial charge in [-0.2, -0.15) is 0 Å². The van der Waals surface area contributed by atoms with Gasteiger partial charge in [-0.15, -0.1) is 0 Å². The number of aliphatic imine (C=N–C) groups is 2. The molecular weight excluding hydrogens is 235 g/mol. The van der Waals surface area contributed by atoms with E-state index in [1.54, 1.807) is 20.8 Å². The second-order valence-corrected chi connectivity index (χ2v) is 3.82.